The number of aryl methyl sites for hydroxylation is 1. The van der Waals surface area contributed by atoms with E-state index in [4.69, 9.17) is 14.0 Å². The third kappa shape index (κ3) is 8.18. The lowest BCUT2D eigenvalue weighted by molar-refractivity contribution is -0.274. The van der Waals surface area contributed by atoms with Gasteiger partial charge in [0.2, 0.25) is 11.7 Å². The molecule has 2 heterocycles. The fourth-order valence-corrected chi connectivity index (χ4v) is 6.72. The molecule has 1 aliphatic rings. The van der Waals surface area contributed by atoms with Gasteiger partial charge in [-0.1, -0.05) is 17.3 Å². The molecule has 2 aromatic carbocycles. The Morgan fingerprint density at radius 3 is 2.43 bits per heavy atom. The molecule has 4 rings (SSSR count). The summed E-state index contributed by atoms with van der Waals surface area (Å²) >= 11 is 0. The number of hydrogen-bond donors (Lipinski definition) is 2. The van der Waals surface area contributed by atoms with Gasteiger partial charge in [0.05, 0.1) is 23.7 Å². The molecule has 0 radical (unpaired) electrons. The number of para-hydroxylation sites is 1. The summed E-state index contributed by atoms with van der Waals surface area (Å²) in [4.78, 5) is 18.7. The number of rotatable bonds is 13. The van der Waals surface area contributed by atoms with Crippen molar-refractivity contribution < 1.29 is 50.3 Å². The third-order valence-electron chi connectivity index (χ3n) is 7.06. The second kappa shape index (κ2) is 15.0. The van der Waals surface area contributed by atoms with Crippen molar-refractivity contribution in [3.05, 3.63) is 54.4 Å². The zero-order valence-electron chi connectivity index (χ0n) is 23.6. The molecule has 17 heteroatoms. The molecule has 0 atom stereocenters. The Balaban J connectivity index is 0.00000529. The van der Waals surface area contributed by atoms with E-state index in [1.807, 2.05) is 4.90 Å². The topological polar surface area (TPSA) is 153 Å². The molecule has 3 aromatic rings. The molecular weight excluding hydrogens is 633 g/mol. The fraction of sp³-hybridized carbons (Fsp3) is 0.444. The summed E-state index contributed by atoms with van der Waals surface area (Å²) in [5.41, 5.74) is 1.56. The minimum absolute atomic E-state index is 0. The number of ether oxygens (including phenoxy) is 3. The lowest BCUT2D eigenvalue weighted by Crippen LogP contribution is -2.57. The number of piperidine rings is 1. The van der Waals surface area contributed by atoms with E-state index in [9.17, 15) is 31.6 Å². The van der Waals surface area contributed by atoms with Gasteiger partial charge in [-0.05, 0) is 55.7 Å². The number of methoxy groups -OCH3 is 1. The number of carbonyl (C=O) groups is 1. The van der Waals surface area contributed by atoms with Crippen molar-refractivity contribution in [3.63, 3.8) is 0 Å². The number of carbonyl (C=O) groups excluding carboxylic acids is 1. The second-order valence-corrected chi connectivity index (χ2v) is 12.0. The Morgan fingerprint density at radius 2 is 1.80 bits per heavy atom. The SMILES string of the molecule is COCCN1CCC(C(=O)NO)(S(=O)(=O)c2ccc(OCCCc3nc(-c4ccccc4OC(F)(F)F)no3)cc2)CC1.Cl. The number of amides is 1. The lowest BCUT2D eigenvalue weighted by Gasteiger charge is -2.39. The van der Waals surface area contributed by atoms with E-state index in [-0.39, 0.29) is 60.5 Å². The van der Waals surface area contributed by atoms with Crippen molar-refractivity contribution in [2.45, 2.75) is 41.7 Å². The summed E-state index contributed by atoms with van der Waals surface area (Å²) in [5.74, 6) is -0.923. The normalized spacial score (nSPS) is 15.3. The van der Waals surface area contributed by atoms with Crippen LogP contribution in [0.15, 0.2) is 57.9 Å². The van der Waals surface area contributed by atoms with Crippen molar-refractivity contribution in [3.8, 4) is 22.9 Å². The summed E-state index contributed by atoms with van der Waals surface area (Å²) in [6.45, 7) is 1.93. The van der Waals surface area contributed by atoms with Crippen LogP contribution in [-0.2, 0) is 25.8 Å². The van der Waals surface area contributed by atoms with Gasteiger partial charge in [-0.3, -0.25) is 10.0 Å². The molecule has 1 aliphatic heterocycles. The minimum Gasteiger partial charge on any atom is -0.494 e. The quantitative estimate of drug-likeness (QED) is 0.156. The van der Waals surface area contributed by atoms with E-state index in [0.29, 0.717) is 38.4 Å². The maximum absolute atomic E-state index is 13.6. The number of nitrogens with zero attached hydrogens (tertiary/aromatic N) is 3. The van der Waals surface area contributed by atoms with Crippen molar-refractivity contribution in [1.82, 2.24) is 20.5 Å². The van der Waals surface area contributed by atoms with Crippen molar-refractivity contribution in [1.29, 1.82) is 0 Å². The molecule has 1 saturated heterocycles. The van der Waals surface area contributed by atoms with Crippen molar-refractivity contribution in [2.75, 3.05) is 40.0 Å². The number of hydrogen-bond acceptors (Lipinski definition) is 11. The van der Waals surface area contributed by atoms with Gasteiger partial charge in [0.1, 0.15) is 11.5 Å². The number of hydroxylamine groups is 1. The molecule has 1 amide bonds. The monoisotopic (exact) mass is 664 g/mol. The molecule has 2 N–H and O–H groups in total. The molecule has 1 aromatic heterocycles. The zero-order chi connectivity index (χ0) is 31.1. The molecule has 242 valence electrons. The second-order valence-electron chi connectivity index (χ2n) is 9.75. The third-order valence-corrected chi connectivity index (χ3v) is 9.58. The molecule has 12 nitrogen and oxygen atoms in total. The van der Waals surface area contributed by atoms with Crippen LogP contribution in [0.25, 0.3) is 11.4 Å². The van der Waals surface area contributed by atoms with E-state index < -0.39 is 32.6 Å². The Bertz CT molecular complexity index is 1480. The number of aromatic nitrogens is 2. The first kappa shape index (κ1) is 35.0. The Morgan fingerprint density at radius 1 is 1.11 bits per heavy atom. The van der Waals surface area contributed by atoms with Gasteiger partial charge < -0.3 is 23.6 Å². The molecule has 0 saturated carbocycles. The van der Waals surface area contributed by atoms with Gasteiger partial charge in [-0.25, -0.2) is 13.9 Å². The van der Waals surface area contributed by atoms with Gasteiger partial charge in [-0.15, -0.1) is 25.6 Å². The Labute approximate surface area is 257 Å². The summed E-state index contributed by atoms with van der Waals surface area (Å²) < 4.78 is 83.4. The molecule has 0 unspecified atom stereocenters. The molecule has 44 heavy (non-hydrogen) atoms. The first-order valence-corrected chi connectivity index (χ1v) is 14.8. The first-order valence-electron chi connectivity index (χ1n) is 13.3. The Kier molecular flexibility index (Phi) is 12.0. The van der Waals surface area contributed by atoms with Crippen LogP contribution < -0.4 is 15.0 Å². The predicted octanol–water partition coefficient (Wildman–Crippen LogP) is 3.83. The number of nitrogens with one attached hydrogen (secondary N) is 1. The average Bonchev–Trinajstić information content (AvgIpc) is 3.46. The number of benzene rings is 2. The molecular formula is C27H32ClF3N4O8S. The smallest absolute Gasteiger partial charge is 0.494 e. The largest absolute Gasteiger partial charge is 0.573 e. The van der Waals surface area contributed by atoms with E-state index >= 15 is 0 Å². The average molecular weight is 665 g/mol. The summed E-state index contributed by atoms with van der Waals surface area (Å²) in [6, 6.07) is 11.1. The van der Waals surface area contributed by atoms with Gasteiger partial charge in [0.15, 0.2) is 14.6 Å². The van der Waals surface area contributed by atoms with Crippen LogP contribution >= 0.6 is 12.4 Å². The van der Waals surface area contributed by atoms with Crippen LogP contribution in [0, 0.1) is 0 Å². The number of sulfone groups is 1. The first-order chi connectivity index (χ1) is 20.5. The van der Waals surface area contributed by atoms with Crippen LogP contribution in [-0.4, -0.2) is 85.6 Å². The maximum atomic E-state index is 13.6. The molecule has 0 spiro atoms. The van der Waals surface area contributed by atoms with Gasteiger partial charge in [-0.2, -0.15) is 4.98 Å². The van der Waals surface area contributed by atoms with Crippen molar-refractivity contribution >= 4 is 28.2 Å². The summed E-state index contributed by atoms with van der Waals surface area (Å²) in [6.07, 6.45) is -4.20. The highest BCUT2D eigenvalue weighted by atomic mass is 35.5. The van der Waals surface area contributed by atoms with Crippen molar-refractivity contribution in [2.24, 2.45) is 0 Å². The van der Waals surface area contributed by atoms with E-state index in [1.165, 1.54) is 47.9 Å². The summed E-state index contributed by atoms with van der Waals surface area (Å²) in [5, 5.41) is 13.1. The highest BCUT2D eigenvalue weighted by Gasteiger charge is 2.52. The van der Waals surface area contributed by atoms with Crippen LogP contribution in [0.5, 0.6) is 11.5 Å². The summed E-state index contributed by atoms with van der Waals surface area (Å²) in [7, 11) is -2.61. The standard InChI is InChI=1S/C27H31F3N4O8S.ClH/c1-39-18-16-34-14-12-26(13-15-34,25(35)32-36)43(37,38)20-10-8-19(9-11-20)40-17-4-7-23-31-24(33-42-23)21-5-2-3-6-22(21)41-27(28,29)30;/h2-3,5-6,8-11,36H,4,7,12-18H2,1H3,(H,32,35);1H. The van der Waals surface area contributed by atoms with Gasteiger partial charge in [0.25, 0.3) is 5.91 Å². The van der Waals surface area contributed by atoms with E-state index in [1.54, 1.807) is 7.11 Å². The molecule has 0 bridgehead atoms. The van der Waals surface area contributed by atoms with Crippen LogP contribution in [0.2, 0.25) is 0 Å². The van der Waals surface area contributed by atoms with E-state index in [0.717, 1.165) is 6.07 Å². The molecule has 0 aliphatic carbocycles. The maximum Gasteiger partial charge on any atom is 0.573 e. The fourth-order valence-electron chi connectivity index (χ4n) is 4.76. The number of likely N-dealkylation sites (tertiary alicyclic amines) is 1. The highest BCUT2D eigenvalue weighted by Crippen LogP contribution is 2.37. The van der Waals surface area contributed by atoms with Crippen LogP contribution in [0.1, 0.15) is 25.2 Å². The van der Waals surface area contributed by atoms with Gasteiger partial charge >= 0.3 is 6.36 Å². The van der Waals surface area contributed by atoms with Crippen LogP contribution in [0.4, 0.5) is 13.2 Å². The minimum atomic E-state index is -4.88. The molecule has 1 fully saturated rings. The van der Waals surface area contributed by atoms with Gasteiger partial charge in [0, 0.05) is 33.2 Å². The Hall–Kier alpha value is -3.44. The zero-order valence-corrected chi connectivity index (χ0v) is 25.2. The number of alkyl halides is 3. The highest BCUT2D eigenvalue weighted by molar-refractivity contribution is 7.93. The van der Waals surface area contributed by atoms with E-state index in [2.05, 4.69) is 14.9 Å². The number of halogens is 4. The van der Waals surface area contributed by atoms with Crippen LogP contribution in [0.3, 0.4) is 0 Å². The lowest BCUT2D eigenvalue weighted by atomic mass is 9.95. The predicted molar refractivity (Wildman–Crippen MR) is 151 cm³/mol.